The molecule has 8 heteroatoms. The molecule has 31 heavy (non-hydrogen) atoms. The van der Waals surface area contributed by atoms with Crippen LogP contribution in [0.1, 0.15) is 53.4 Å². The van der Waals surface area contributed by atoms with Crippen molar-refractivity contribution in [1.29, 1.82) is 0 Å². The van der Waals surface area contributed by atoms with Crippen LogP contribution in [0.15, 0.2) is 47.4 Å². The first-order valence-corrected chi connectivity index (χ1v) is 12.5. The number of unbranched alkanes of at least 4 members (excludes halogenated alkanes) is 2. The molecule has 1 aromatic rings. The van der Waals surface area contributed by atoms with Crippen LogP contribution in [0.5, 0.6) is 5.75 Å². The minimum Gasteiger partial charge on any atom is -0.478 e. The van der Waals surface area contributed by atoms with E-state index in [0.29, 0.717) is 28.8 Å². The average molecular weight is 471 g/mol. The number of ether oxygens (including phenoxy) is 1. The Morgan fingerprint density at radius 3 is 2.32 bits per heavy atom. The number of aliphatic carboxylic acids is 1. The molecule has 0 radical (unpaired) electrons. The van der Waals surface area contributed by atoms with E-state index in [0.717, 1.165) is 38.8 Å². The summed E-state index contributed by atoms with van der Waals surface area (Å²) in [6, 6.07) is 7.04. The number of benzene rings is 1. The van der Waals surface area contributed by atoms with E-state index in [2.05, 4.69) is 23.5 Å². The van der Waals surface area contributed by atoms with E-state index in [1.165, 1.54) is 0 Å². The van der Waals surface area contributed by atoms with Crippen LogP contribution in [0.2, 0.25) is 5.02 Å². The van der Waals surface area contributed by atoms with Gasteiger partial charge < -0.3 is 14.7 Å². The maximum atomic E-state index is 12.4. The molecule has 1 atom stereocenters. The highest BCUT2D eigenvalue weighted by atomic mass is 35.5. The van der Waals surface area contributed by atoms with E-state index < -0.39 is 17.0 Å². The Bertz CT molecular complexity index is 788. The average Bonchev–Trinajstić information content (AvgIpc) is 2.73. The van der Waals surface area contributed by atoms with Crippen LogP contribution in [0.4, 0.5) is 0 Å². The van der Waals surface area contributed by atoms with E-state index in [-0.39, 0.29) is 11.3 Å². The molecule has 1 unspecified atom stereocenters. The summed E-state index contributed by atoms with van der Waals surface area (Å²) in [6.45, 7) is 9.69. The predicted molar refractivity (Wildman–Crippen MR) is 129 cm³/mol. The second-order valence-corrected chi connectivity index (χ2v) is 8.82. The first-order chi connectivity index (χ1) is 14.8. The molecule has 0 amide bonds. The number of nitrogens with zero attached hydrogens (tertiary/aromatic N) is 1. The zero-order valence-electron chi connectivity index (χ0n) is 18.9. The van der Waals surface area contributed by atoms with Crippen LogP contribution in [-0.4, -0.2) is 45.6 Å². The molecule has 0 saturated carbocycles. The number of rotatable bonds is 15. The van der Waals surface area contributed by atoms with Gasteiger partial charge in [0, 0.05) is 25.7 Å². The molecule has 174 valence electrons. The van der Waals surface area contributed by atoms with Gasteiger partial charge in [-0.3, -0.25) is 0 Å². The molecule has 1 rings (SSSR count). The molecule has 0 saturated heterocycles. The van der Waals surface area contributed by atoms with Gasteiger partial charge in [0.15, 0.2) is 0 Å². The number of carboxylic acid groups (broad SMARTS) is 1. The van der Waals surface area contributed by atoms with Crippen molar-refractivity contribution in [2.24, 2.45) is 0 Å². The Labute approximate surface area is 193 Å². The first-order valence-electron chi connectivity index (χ1n) is 10.8. The SMILES string of the molecule is CCCCN(CCCC)C(/C=C(\CS(=O)NCC)Oc1ccccc1Cl)=C(/C)C(=O)O. The molecule has 0 heterocycles. The lowest BCUT2D eigenvalue weighted by molar-refractivity contribution is -0.132. The first kappa shape index (κ1) is 27.2. The lowest BCUT2D eigenvalue weighted by atomic mass is 10.1. The number of para-hydroxylation sites is 1. The monoisotopic (exact) mass is 470 g/mol. The highest BCUT2D eigenvalue weighted by Crippen LogP contribution is 2.26. The molecule has 0 aliphatic carbocycles. The highest BCUT2D eigenvalue weighted by Gasteiger charge is 2.18. The Hall–Kier alpha value is -1.83. The van der Waals surface area contributed by atoms with Gasteiger partial charge in [0.05, 0.1) is 33.0 Å². The second-order valence-electron chi connectivity index (χ2n) is 7.14. The number of carboxylic acids is 1. The molecule has 0 aliphatic heterocycles. The van der Waals surface area contributed by atoms with Crippen LogP contribution >= 0.6 is 11.6 Å². The van der Waals surface area contributed by atoms with E-state index in [4.69, 9.17) is 16.3 Å². The molecular formula is C23H35ClN2O4S. The summed E-state index contributed by atoms with van der Waals surface area (Å²) in [6.07, 6.45) is 5.58. The summed E-state index contributed by atoms with van der Waals surface area (Å²) in [5, 5.41) is 10.1. The fraction of sp³-hybridized carbons (Fsp3) is 0.522. The summed E-state index contributed by atoms with van der Waals surface area (Å²) in [4.78, 5) is 13.9. The molecule has 0 aliphatic rings. The maximum absolute atomic E-state index is 12.4. The standard InChI is InChI=1S/C23H35ClN2O4S/c1-5-8-14-26(15-9-6-2)21(18(4)23(27)28)16-19(17-31(29)25-7-3)30-22-13-11-10-12-20(22)24/h10-13,16,25H,5-9,14-15,17H2,1-4H3,(H,27,28)/b19-16+,21-18-. The van der Waals surface area contributed by atoms with Gasteiger partial charge in [0.2, 0.25) is 0 Å². The number of hydrogen-bond acceptors (Lipinski definition) is 4. The minimum absolute atomic E-state index is 0.0882. The van der Waals surface area contributed by atoms with Crippen LogP contribution in [0.3, 0.4) is 0 Å². The van der Waals surface area contributed by atoms with E-state index in [1.807, 2.05) is 6.92 Å². The molecule has 0 fully saturated rings. The van der Waals surface area contributed by atoms with Crippen molar-refractivity contribution in [3.05, 3.63) is 52.4 Å². The van der Waals surface area contributed by atoms with Crippen molar-refractivity contribution in [1.82, 2.24) is 9.62 Å². The Morgan fingerprint density at radius 2 is 1.81 bits per heavy atom. The summed E-state index contributed by atoms with van der Waals surface area (Å²) < 4.78 is 21.3. The third-order valence-corrected chi connectivity index (χ3v) is 6.03. The Kier molecular flexibility index (Phi) is 13.2. The van der Waals surface area contributed by atoms with Crippen molar-refractivity contribution in [2.45, 2.75) is 53.4 Å². The van der Waals surface area contributed by atoms with Crippen molar-refractivity contribution in [3.8, 4) is 5.75 Å². The topological polar surface area (TPSA) is 78.9 Å². The second kappa shape index (κ2) is 15.1. The largest absolute Gasteiger partial charge is 0.478 e. The summed E-state index contributed by atoms with van der Waals surface area (Å²) in [5.41, 5.74) is 0.798. The smallest absolute Gasteiger partial charge is 0.333 e. The normalized spacial score (nSPS) is 13.5. The van der Waals surface area contributed by atoms with Crippen LogP contribution in [-0.2, 0) is 15.8 Å². The van der Waals surface area contributed by atoms with Crippen molar-refractivity contribution in [3.63, 3.8) is 0 Å². The zero-order chi connectivity index (χ0) is 23.2. The van der Waals surface area contributed by atoms with Gasteiger partial charge in [-0.2, -0.15) is 0 Å². The van der Waals surface area contributed by atoms with Gasteiger partial charge in [-0.1, -0.05) is 57.3 Å². The van der Waals surface area contributed by atoms with E-state index >= 15 is 0 Å². The van der Waals surface area contributed by atoms with Crippen LogP contribution < -0.4 is 9.46 Å². The molecule has 0 bridgehead atoms. The third kappa shape index (κ3) is 9.89. The van der Waals surface area contributed by atoms with Gasteiger partial charge in [0.25, 0.3) is 0 Å². The summed E-state index contributed by atoms with van der Waals surface area (Å²) in [5.74, 6) is -0.0785. The van der Waals surface area contributed by atoms with Crippen molar-refractivity contribution in [2.75, 3.05) is 25.4 Å². The van der Waals surface area contributed by atoms with Gasteiger partial charge in [0.1, 0.15) is 11.5 Å². The molecule has 2 N–H and O–H groups in total. The minimum atomic E-state index is -1.37. The van der Waals surface area contributed by atoms with Crippen LogP contribution in [0, 0.1) is 0 Å². The van der Waals surface area contributed by atoms with Gasteiger partial charge in [-0.25, -0.2) is 13.7 Å². The fourth-order valence-corrected chi connectivity index (χ4v) is 3.86. The Balaban J connectivity index is 3.45. The van der Waals surface area contributed by atoms with Crippen molar-refractivity contribution < 1.29 is 18.8 Å². The third-order valence-electron chi connectivity index (χ3n) is 4.56. The van der Waals surface area contributed by atoms with Crippen molar-refractivity contribution >= 4 is 28.6 Å². The number of allylic oxidation sites excluding steroid dienone is 1. The van der Waals surface area contributed by atoms with Gasteiger partial charge in [-0.05, 0) is 31.9 Å². The molecule has 0 aromatic heterocycles. The van der Waals surface area contributed by atoms with E-state index in [1.54, 1.807) is 37.3 Å². The number of hydrogen-bond donors (Lipinski definition) is 2. The highest BCUT2D eigenvalue weighted by molar-refractivity contribution is 7.83. The lowest BCUT2D eigenvalue weighted by Gasteiger charge is -2.27. The number of carbonyl (C=O) groups is 1. The summed E-state index contributed by atoms with van der Waals surface area (Å²) >= 11 is 6.25. The zero-order valence-corrected chi connectivity index (χ0v) is 20.5. The van der Waals surface area contributed by atoms with Gasteiger partial charge >= 0.3 is 5.97 Å². The molecular weight excluding hydrogens is 436 g/mol. The lowest BCUT2D eigenvalue weighted by Crippen LogP contribution is -2.28. The number of halogens is 1. The quantitative estimate of drug-likeness (QED) is 0.211. The fourth-order valence-electron chi connectivity index (χ4n) is 2.86. The summed E-state index contributed by atoms with van der Waals surface area (Å²) in [7, 11) is -1.37. The molecule has 6 nitrogen and oxygen atoms in total. The predicted octanol–water partition coefficient (Wildman–Crippen LogP) is 5.14. The Morgan fingerprint density at radius 1 is 1.19 bits per heavy atom. The van der Waals surface area contributed by atoms with Crippen LogP contribution in [0.25, 0.3) is 0 Å². The van der Waals surface area contributed by atoms with Gasteiger partial charge in [-0.15, -0.1) is 0 Å². The van der Waals surface area contributed by atoms with E-state index in [9.17, 15) is 14.1 Å². The number of nitrogens with one attached hydrogen (secondary N) is 1. The maximum Gasteiger partial charge on any atom is 0.333 e. The molecule has 0 spiro atoms. The molecule has 1 aromatic carbocycles.